The van der Waals surface area contributed by atoms with Gasteiger partial charge in [-0.3, -0.25) is 13.9 Å². The maximum atomic E-state index is 14.7. The first-order valence-electron chi connectivity index (χ1n) is 15.2. The number of aryl methyl sites for hydroxylation is 2. The number of carbonyl (C=O) groups excluding carboxylic acids is 2. The molecule has 0 aliphatic heterocycles. The quantitative estimate of drug-likeness (QED) is 0.188. The van der Waals surface area contributed by atoms with Crippen molar-refractivity contribution in [3.63, 3.8) is 0 Å². The average molecular weight is 660 g/mol. The highest BCUT2D eigenvalue weighted by Crippen LogP contribution is 2.30. The summed E-state index contributed by atoms with van der Waals surface area (Å²) in [6.45, 7) is 10.7. The first-order chi connectivity index (χ1) is 21.7. The van der Waals surface area contributed by atoms with Crippen LogP contribution in [0.1, 0.15) is 48.6 Å². The Hall–Kier alpha value is -4.14. The molecule has 0 unspecified atom stereocenters. The molecule has 0 saturated carbocycles. The summed E-state index contributed by atoms with van der Waals surface area (Å²) in [5, 5.41) is 3.48. The van der Waals surface area contributed by atoms with Crippen molar-refractivity contribution in [3.8, 4) is 0 Å². The van der Waals surface area contributed by atoms with E-state index < -0.39 is 34.1 Å². The minimum absolute atomic E-state index is 0.00120. The maximum absolute atomic E-state index is 14.7. The van der Waals surface area contributed by atoms with Crippen LogP contribution in [0.2, 0.25) is 5.02 Å². The van der Waals surface area contributed by atoms with Crippen molar-refractivity contribution in [2.75, 3.05) is 10.8 Å². The highest BCUT2D eigenvalue weighted by molar-refractivity contribution is 7.92. The first kappa shape index (κ1) is 34.7. The van der Waals surface area contributed by atoms with E-state index in [-0.39, 0.29) is 23.8 Å². The Balaban J connectivity index is 1.86. The number of halogens is 1. The highest BCUT2D eigenvalue weighted by Gasteiger charge is 2.36. The van der Waals surface area contributed by atoms with E-state index in [4.69, 9.17) is 11.6 Å². The van der Waals surface area contributed by atoms with Crippen molar-refractivity contribution in [3.05, 3.63) is 130 Å². The van der Waals surface area contributed by atoms with Crippen LogP contribution in [0.4, 0.5) is 5.69 Å². The Kier molecular flexibility index (Phi) is 11.0. The van der Waals surface area contributed by atoms with Gasteiger partial charge in [-0.05, 0) is 88.1 Å². The van der Waals surface area contributed by atoms with Crippen LogP contribution in [0.5, 0.6) is 0 Å². The van der Waals surface area contributed by atoms with Gasteiger partial charge in [0.15, 0.2) is 0 Å². The maximum Gasteiger partial charge on any atom is 0.264 e. The largest absolute Gasteiger partial charge is 0.350 e. The molecule has 242 valence electrons. The number of benzene rings is 4. The Morgan fingerprint density at radius 1 is 0.826 bits per heavy atom. The molecule has 9 heteroatoms. The molecule has 2 amide bonds. The molecule has 0 aliphatic rings. The number of anilines is 1. The normalized spacial score (nSPS) is 12.3. The fourth-order valence-corrected chi connectivity index (χ4v) is 6.84. The SMILES string of the molecule is Cc1ccc(S(=O)(=O)N(CC(=O)N(Cc2ccccc2Cl)[C@@H](Cc2ccccc2)C(=O)NC(C)(C)C)c2cccc(C)c2C)cc1. The van der Waals surface area contributed by atoms with E-state index in [9.17, 15) is 18.0 Å². The van der Waals surface area contributed by atoms with Gasteiger partial charge in [0.25, 0.3) is 10.0 Å². The molecule has 0 saturated heterocycles. The van der Waals surface area contributed by atoms with E-state index in [1.807, 2.05) is 84.0 Å². The highest BCUT2D eigenvalue weighted by atomic mass is 35.5. The minimum atomic E-state index is -4.19. The van der Waals surface area contributed by atoms with Crippen LogP contribution >= 0.6 is 11.6 Å². The smallest absolute Gasteiger partial charge is 0.264 e. The molecular formula is C37H42ClN3O4S. The summed E-state index contributed by atoms with van der Waals surface area (Å²) >= 11 is 6.58. The molecule has 0 aliphatic carbocycles. The Morgan fingerprint density at radius 3 is 2.09 bits per heavy atom. The molecule has 0 radical (unpaired) electrons. The summed E-state index contributed by atoms with van der Waals surface area (Å²) in [5.41, 5.74) is 3.83. The second kappa shape index (κ2) is 14.5. The number of nitrogens with zero attached hydrogens (tertiary/aromatic N) is 2. The van der Waals surface area contributed by atoms with Crippen LogP contribution < -0.4 is 9.62 Å². The number of carbonyl (C=O) groups is 2. The van der Waals surface area contributed by atoms with Gasteiger partial charge in [0.1, 0.15) is 12.6 Å². The molecular weight excluding hydrogens is 618 g/mol. The fraction of sp³-hybridized carbons (Fsp3) is 0.297. The van der Waals surface area contributed by atoms with E-state index in [1.54, 1.807) is 54.6 Å². The van der Waals surface area contributed by atoms with Crippen molar-refractivity contribution in [2.45, 2.75) is 71.0 Å². The molecule has 4 aromatic carbocycles. The number of nitrogens with one attached hydrogen (secondary N) is 1. The van der Waals surface area contributed by atoms with Gasteiger partial charge in [-0.2, -0.15) is 0 Å². The summed E-state index contributed by atoms with van der Waals surface area (Å²) in [6, 6.07) is 27.5. The molecule has 1 N–H and O–H groups in total. The van der Waals surface area contributed by atoms with Crippen molar-refractivity contribution in [2.24, 2.45) is 0 Å². The molecule has 46 heavy (non-hydrogen) atoms. The van der Waals surface area contributed by atoms with Gasteiger partial charge < -0.3 is 10.2 Å². The van der Waals surface area contributed by atoms with Crippen LogP contribution in [0.3, 0.4) is 0 Å². The van der Waals surface area contributed by atoms with Gasteiger partial charge >= 0.3 is 0 Å². The molecule has 7 nitrogen and oxygen atoms in total. The van der Waals surface area contributed by atoms with Crippen molar-refractivity contribution in [1.82, 2.24) is 10.2 Å². The van der Waals surface area contributed by atoms with Crippen LogP contribution in [0, 0.1) is 20.8 Å². The Bertz CT molecular complexity index is 1790. The van der Waals surface area contributed by atoms with Gasteiger partial charge in [-0.15, -0.1) is 0 Å². The third kappa shape index (κ3) is 8.56. The van der Waals surface area contributed by atoms with E-state index >= 15 is 0 Å². The van der Waals surface area contributed by atoms with Crippen molar-refractivity contribution >= 4 is 39.1 Å². The lowest BCUT2D eigenvalue weighted by Crippen LogP contribution is -2.56. The zero-order valence-corrected chi connectivity index (χ0v) is 28.8. The lowest BCUT2D eigenvalue weighted by Gasteiger charge is -2.35. The van der Waals surface area contributed by atoms with Gasteiger partial charge in [-0.25, -0.2) is 8.42 Å². The molecule has 1 atom stereocenters. The summed E-state index contributed by atoms with van der Waals surface area (Å²) in [4.78, 5) is 30.2. The fourth-order valence-electron chi connectivity index (χ4n) is 5.17. The van der Waals surface area contributed by atoms with Gasteiger partial charge in [0.2, 0.25) is 11.8 Å². The number of sulfonamides is 1. The summed E-state index contributed by atoms with van der Waals surface area (Å²) in [5.74, 6) is -0.891. The third-order valence-electron chi connectivity index (χ3n) is 7.80. The number of hydrogen-bond donors (Lipinski definition) is 1. The molecule has 4 aromatic rings. The van der Waals surface area contributed by atoms with Gasteiger partial charge in [0, 0.05) is 23.5 Å². The topological polar surface area (TPSA) is 86.8 Å². The van der Waals surface area contributed by atoms with Gasteiger partial charge in [-0.1, -0.05) is 90.0 Å². The van der Waals surface area contributed by atoms with Crippen LogP contribution in [-0.4, -0.2) is 43.3 Å². The summed E-state index contributed by atoms with van der Waals surface area (Å²) in [7, 11) is -4.19. The van der Waals surface area contributed by atoms with Crippen LogP contribution in [-0.2, 0) is 32.6 Å². The summed E-state index contributed by atoms with van der Waals surface area (Å²) in [6.07, 6.45) is 0.215. The minimum Gasteiger partial charge on any atom is -0.350 e. The van der Waals surface area contributed by atoms with E-state index in [0.717, 1.165) is 26.6 Å². The zero-order chi connectivity index (χ0) is 33.6. The molecule has 0 bridgehead atoms. The van der Waals surface area contributed by atoms with Crippen LogP contribution in [0.15, 0.2) is 102 Å². The van der Waals surface area contributed by atoms with Crippen molar-refractivity contribution < 1.29 is 18.0 Å². The standard InChI is InChI=1S/C37H42ClN3O4S/c1-26-19-21-31(22-20-26)46(44,45)41(33-18-12-13-27(2)28(33)3)25-35(42)40(24-30-16-10-11-17-32(30)38)34(36(43)39-37(4,5)6)23-29-14-8-7-9-15-29/h7-22,34H,23-25H2,1-6H3,(H,39,43)/t34-/m0/s1. The lowest BCUT2D eigenvalue weighted by atomic mass is 10.0. The molecule has 0 fully saturated rings. The third-order valence-corrected chi connectivity index (χ3v) is 9.94. The zero-order valence-electron chi connectivity index (χ0n) is 27.2. The predicted molar refractivity (Wildman–Crippen MR) is 185 cm³/mol. The Morgan fingerprint density at radius 2 is 1.46 bits per heavy atom. The molecule has 4 rings (SSSR count). The second-order valence-corrected chi connectivity index (χ2v) is 14.9. The predicted octanol–water partition coefficient (Wildman–Crippen LogP) is 7.02. The molecule has 0 spiro atoms. The number of rotatable bonds is 11. The van der Waals surface area contributed by atoms with Gasteiger partial charge in [0.05, 0.1) is 10.6 Å². The average Bonchev–Trinajstić information content (AvgIpc) is 3.00. The number of hydrogen-bond acceptors (Lipinski definition) is 4. The molecule has 0 heterocycles. The van der Waals surface area contributed by atoms with Crippen LogP contribution in [0.25, 0.3) is 0 Å². The Labute approximate surface area is 278 Å². The van der Waals surface area contributed by atoms with E-state index in [2.05, 4.69) is 5.32 Å². The van der Waals surface area contributed by atoms with E-state index in [1.165, 1.54) is 4.90 Å². The lowest BCUT2D eigenvalue weighted by molar-refractivity contribution is -0.140. The first-order valence-corrected chi connectivity index (χ1v) is 17.0. The summed E-state index contributed by atoms with van der Waals surface area (Å²) < 4.78 is 29.8. The molecule has 0 aromatic heterocycles. The second-order valence-electron chi connectivity index (χ2n) is 12.6. The van der Waals surface area contributed by atoms with E-state index in [0.29, 0.717) is 16.3 Å². The number of amides is 2. The monoisotopic (exact) mass is 659 g/mol. The van der Waals surface area contributed by atoms with Crippen molar-refractivity contribution in [1.29, 1.82) is 0 Å².